The number of hydrogen-bond acceptors (Lipinski definition) is 3. The van der Waals surface area contributed by atoms with Gasteiger partial charge in [0.25, 0.3) is 0 Å². The third kappa shape index (κ3) is 3.92. The van der Waals surface area contributed by atoms with Crippen LogP contribution in [0.15, 0.2) is 48.5 Å². The van der Waals surface area contributed by atoms with Gasteiger partial charge in [-0.3, -0.25) is 9.69 Å². The Kier molecular flexibility index (Phi) is 5.11. The van der Waals surface area contributed by atoms with Gasteiger partial charge < -0.3 is 4.74 Å². The summed E-state index contributed by atoms with van der Waals surface area (Å²) in [6.45, 7) is 1.13. The molecule has 2 aromatic carbocycles. The molecule has 0 aliphatic heterocycles. The highest BCUT2D eigenvalue weighted by Crippen LogP contribution is 2.21. The number of carbonyl (C=O) groups excluding carboxylic acids is 1. The summed E-state index contributed by atoms with van der Waals surface area (Å²) in [6, 6.07) is 14.0. The SMILES string of the molecule is COc1cccc(CN(C)CC(=O)c2ccc3c(c2)CCC=C3)c1. The van der Waals surface area contributed by atoms with E-state index in [0.717, 1.165) is 36.3 Å². The molecule has 3 nitrogen and oxygen atoms in total. The number of aryl methyl sites for hydroxylation is 1. The third-order valence-electron chi connectivity index (χ3n) is 4.34. The van der Waals surface area contributed by atoms with Crippen molar-refractivity contribution in [3.05, 3.63) is 70.8 Å². The molecule has 0 heterocycles. The molecule has 0 spiro atoms. The summed E-state index contributed by atoms with van der Waals surface area (Å²) in [7, 11) is 3.64. The number of benzene rings is 2. The molecule has 0 atom stereocenters. The average Bonchev–Trinajstić information content (AvgIpc) is 2.61. The minimum Gasteiger partial charge on any atom is -0.497 e. The number of carbonyl (C=O) groups is 1. The molecule has 24 heavy (non-hydrogen) atoms. The van der Waals surface area contributed by atoms with Crippen molar-refractivity contribution >= 4 is 11.9 Å². The van der Waals surface area contributed by atoms with E-state index in [4.69, 9.17) is 4.74 Å². The van der Waals surface area contributed by atoms with E-state index in [1.165, 1.54) is 11.1 Å². The number of ether oxygens (including phenoxy) is 1. The highest BCUT2D eigenvalue weighted by molar-refractivity contribution is 5.98. The van der Waals surface area contributed by atoms with Gasteiger partial charge in [0.2, 0.25) is 0 Å². The molecular weight excluding hydrogens is 298 g/mol. The first-order valence-electron chi connectivity index (χ1n) is 8.30. The van der Waals surface area contributed by atoms with Crippen LogP contribution in [-0.2, 0) is 13.0 Å². The van der Waals surface area contributed by atoms with Crippen molar-refractivity contribution in [3.8, 4) is 5.75 Å². The number of rotatable bonds is 6. The summed E-state index contributed by atoms with van der Waals surface area (Å²) in [5, 5.41) is 0. The van der Waals surface area contributed by atoms with Crippen molar-refractivity contribution < 1.29 is 9.53 Å². The highest BCUT2D eigenvalue weighted by atomic mass is 16.5. The summed E-state index contributed by atoms with van der Waals surface area (Å²) in [5.41, 5.74) is 4.46. The molecule has 0 bridgehead atoms. The molecule has 0 radical (unpaired) electrons. The fraction of sp³-hybridized carbons (Fsp3) is 0.286. The summed E-state index contributed by atoms with van der Waals surface area (Å²) >= 11 is 0. The van der Waals surface area contributed by atoms with Gasteiger partial charge in [0.05, 0.1) is 13.7 Å². The summed E-state index contributed by atoms with van der Waals surface area (Å²) < 4.78 is 5.25. The molecule has 1 aliphatic rings. The summed E-state index contributed by atoms with van der Waals surface area (Å²) in [6.07, 6.45) is 6.40. The Balaban J connectivity index is 1.64. The van der Waals surface area contributed by atoms with Crippen molar-refractivity contribution in [2.45, 2.75) is 19.4 Å². The van der Waals surface area contributed by atoms with Gasteiger partial charge >= 0.3 is 0 Å². The van der Waals surface area contributed by atoms with E-state index in [9.17, 15) is 4.79 Å². The van der Waals surface area contributed by atoms with Crippen LogP contribution in [0.4, 0.5) is 0 Å². The predicted molar refractivity (Wildman–Crippen MR) is 97.5 cm³/mol. The molecule has 1 aliphatic carbocycles. The van der Waals surface area contributed by atoms with Gasteiger partial charge in [0.15, 0.2) is 5.78 Å². The van der Waals surface area contributed by atoms with Gasteiger partial charge in [0, 0.05) is 12.1 Å². The van der Waals surface area contributed by atoms with E-state index in [1.807, 2.05) is 36.2 Å². The second-order valence-corrected chi connectivity index (χ2v) is 6.30. The molecule has 0 N–H and O–H groups in total. The fourth-order valence-electron chi connectivity index (χ4n) is 3.08. The number of likely N-dealkylation sites (N-methyl/N-ethyl adjacent to an activating group) is 1. The Morgan fingerprint density at radius 3 is 2.92 bits per heavy atom. The zero-order valence-corrected chi connectivity index (χ0v) is 14.3. The molecule has 0 saturated carbocycles. The minimum atomic E-state index is 0.165. The van der Waals surface area contributed by atoms with Gasteiger partial charge in [-0.2, -0.15) is 0 Å². The van der Waals surface area contributed by atoms with E-state index in [1.54, 1.807) is 7.11 Å². The van der Waals surface area contributed by atoms with E-state index in [0.29, 0.717) is 6.54 Å². The molecule has 2 aromatic rings. The fourth-order valence-corrected chi connectivity index (χ4v) is 3.08. The zero-order valence-electron chi connectivity index (χ0n) is 14.3. The van der Waals surface area contributed by atoms with Crippen molar-refractivity contribution in [1.29, 1.82) is 0 Å². The maximum atomic E-state index is 12.6. The van der Waals surface area contributed by atoms with Crippen LogP contribution < -0.4 is 4.74 Å². The second kappa shape index (κ2) is 7.45. The molecule has 0 aromatic heterocycles. The Morgan fingerprint density at radius 1 is 1.21 bits per heavy atom. The Hall–Kier alpha value is -2.39. The van der Waals surface area contributed by atoms with Crippen LogP contribution in [0.3, 0.4) is 0 Å². The van der Waals surface area contributed by atoms with Crippen molar-refractivity contribution in [3.63, 3.8) is 0 Å². The lowest BCUT2D eigenvalue weighted by Gasteiger charge is -2.17. The molecule has 0 amide bonds. The lowest BCUT2D eigenvalue weighted by molar-refractivity contribution is 0.0943. The van der Waals surface area contributed by atoms with Crippen LogP contribution >= 0.6 is 0 Å². The van der Waals surface area contributed by atoms with Gasteiger partial charge in [0.1, 0.15) is 5.75 Å². The van der Waals surface area contributed by atoms with Crippen LogP contribution in [0.5, 0.6) is 5.75 Å². The maximum Gasteiger partial charge on any atom is 0.176 e. The highest BCUT2D eigenvalue weighted by Gasteiger charge is 2.13. The van der Waals surface area contributed by atoms with Crippen LogP contribution in [0.1, 0.15) is 33.5 Å². The van der Waals surface area contributed by atoms with Crippen LogP contribution in [-0.4, -0.2) is 31.4 Å². The van der Waals surface area contributed by atoms with E-state index in [2.05, 4.69) is 30.4 Å². The molecule has 0 unspecified atom stereocenters. The third-order valence-corrected chi connectivity index (χ3v) is 4.34. The molecule has 124 valence electrons. The van der Waals surface area contributed by atoms with Crippen molar-refractivity contribution in [2.75, 3.05) is 20.7 Å². The minimum absolute atomic E-state index is 0.165. The van der Waals surface area contributed by atoms with Gasteiger partial charge in [-0.1, -0.05) is 36.4 Å². The molecular formula is C21H23NO2. The van der Waals surface area contributed by atoms with Crippen molar-refractivity contribution in [1.82, 2.24) is 4.90 Å². The normalized spacial score (nSPS) is 13.0. The lowest BCUT2D eigenvalue weighted by Crippen LogP contribution is -2.25. The van der Waals surface area contributed by atoms with Crippen molar-refractivity contribution in [2.24, 2.45) is 0 Å². The Bertz CT molecular complexity index is 764. The standard InChI is InChI=1S/C21H23NO2/c1-22(14-16-6-5-9-20(12-16)24-2)15-21(23)19-11-10-17-7-3-4-8-18(17)13-19/h3,5-7,9-13H,4,8,14-15H2,1-2H3. The van der Waals surface area contributed by atoms with Crippen LogP contribution in [0, 0.1) is 0 Å². The number of hydrogen-bond donors (Lipinski definition) is 0. The van der Waals surface area contributed by atoms with Crippen LogP contribution in [0.2, 0.25) is 0 Å². The predicted octanol–water partition coefficient (Wildman–Crippen LogP) is 3.97. The number of allylic oxidation sites excluding steroid dienone is 1. The second-order valence-electron chi connectivity index (χ2n) is 6.30. The van der Waals surface area contributed by atoms with E-state index >= 15 is 0 Å². The monoisotopic (exact) mass is 321 g/mol. The topological polar surface area (TPSA) is 29.5 Å². The number of fused-ring (bicyclic) bond motifs is 1. The maximum absolute atomic E-state index is 12.6. The summed E-state index contributed by atoms with van der Waals surface area (Å²) in [5.74, 6) is 1.01. The molecule has 3 heteroatoms. The first kappa shape index (κ1) is 16.5. The smallest absolute Gasteiger partial charge is 0.176 e. The lowest BCUT2D eigenvalue weighted by atomic mass is 9.94. The van der Waals surface area contributed by atoms with Gasteiger partial charge in [-0.25, -0.2) is 0 Å². The number of methoxy groups -OCH3 is 1. The number of Topliss-reactive ketones (excluding diaryl/α,β-unsaturated/α-hetero) is 1. The van der Waals surface area contributed by atoms with E-state index in [-0.39, 0.29) is 5.78 Å². The Morgan fingerprint density at radius 2 is 2.08 bits per heavy atom. The van der Waals surface area contributed by atoms with Gasteiger partial charge in [-0.15, -0.1) is 0 Å². The first-order valence-corrected chi connectivity index (χ1v) is 8.30. The van der Waals surface area contributed by atoms with E-state index < -0.39 is 0 Å². The first-order chi connectivity index (χ1) is 11.7. The number of ketones is 1. The van der Waals surface area contributed by atoms with Gasteiger partial charge in [-0.05, 0) is 54.8 Å². The number of nitrogens with zero attached hydrogens (tertiary/aromatic N) is 1. The zero-order chi connectivity index (χ0) is 16.9. The largest absolute Gasteiger partial charge is 0.497 e. The quantitative estimate of drug-likeness (QED) is 0.754. The molecule has 3 rings (SSSR count). The average molecular weight is 321 g/mol. The molecule has 0 fully saturated rings. The van der Waals surface area contributed by atoms with Crippen LogP contribution in [0.25, 0.3) is 6.08 Å². The molecule has 0 saturated heterocycles. The Labute approximate surface area is 143 Å². The summed E-state index contributed by atoms with van der Waals surface area (Å²) in [4.78, 5) is 14.6.